The number of nitrogens with zero attached hydrogens (tertiary/aromatic N) is 1. The number of methoxy groups -OCH3 is 1. The van der Waals surface area contributed by atoms with E-state index in [2.05, 4.69) is 29.3 Å². The number of ether oxygens (including phenoxy) is 2. The standard InChI is InChI=1S/C23H26N2O4S/c1-3-16-15-18(23(30-16)24-22(26)20-9-6-12-29-20)21(25-10-13-28-14-11-25)17-7-4-5-8-19(17)27-2/h4-9,12,15,21H,3,10-11,13-14H2,1-2H3,(H,24,26)/t21-/m0/s1. The number of thiophene rings is 1. The third-order valence-corrected chi connectivity index (χ3v) is 6.48. The van der Waals surface area contributed by atoms with E-state index in [4.69, 9.17) is 13.9 Å². The average molecular weight is 427 g/mol. The molecule has 1 saturated heterocycles. The summed E-state index contributed by atoms with van der Waals surface area (Å²) in [6.45, 7) is 5.12. The molecule has 0 bridgehead atoms. The number of aryl methyl sites for hydroxylation is 1. The molecule has 1 fully saturated rings. The number of nitrogens with one attached hydrogen (secondary N) is 1. The summed E-state index contributed by atoms with van der Waals surface area (Å²) in [5, 5.41) is 3.92. The predicted molar refractivity (Wildman–Crippen MR) is 118 cm³/mol. The Morgan fingerprint density at radius 2 is 2.00 bits per heavy atom. The molecule has 158 valence electrons. The number of morpholine rings is 1. The third kappa shape index (κ3) is 4.28. The zero-order valence-electron chi connectivity index (χ0n) is 17.2. The lowest BCUT2D eigenvalue weighted by Crippen LogP contribution is -2.39. The highest BCUT2D eigenvalue weighted by atomic mass is 32.1. The second-order valence-electron chi connectivity index (χ2n) is 7.07. The van der Waals surface area contributed by atoms with E-state index in [9.17, 15) is 4.79 Å². The molecule has 7 heteroatoms. The molecule has 4 rings (SSSR count). The number of hydrogen-bond acceptors (Lipinski definition) is 6. The number of para-hydroxylation sites is 1. The molecule has 30 heavy (non-hydrogen) atoms. The van der Waals surface area contributed by atoms with Crippen LogP contribution in [0.3, 0.4) is 0 Å². The van der Waals surface area contributed by atoms with Gasteiger partial charge in [-0.1, -0.05) is 25.1 Å². The lowest BCUT2D eigenvalue weighted by Gasteiger charge is -2.35. The molecule has 0 spiro atoms. The molecule has 3 heterocycles. The molecule has 2 aromatic heterocycles. The minimum atomic E-state index is -0.244. The van der Waals surface area contributed by atoms with Crippen molar-refractivity contribution in [2.24, 2.45) is 0 Å². The van der Waals surface area contributed by atoms with Crippen molar-refractivity contribution < 1.29 is 18.7 Å². The first-order chi connectivity index (χ1) is 14.7. The van der Waals surface area contributed by atoms with Crippen LogP contribution in [0.2, 0.25) is 0 Å². The van der Waals surface area contributed by atoms with E-state index in [1.165, 1.54) is 11.1 Å². The van der Waals surface area contributed by atoms with E-state index < -0.39 is 0 Å². The third-order valence-electron chi connectivity index (χ3n) is 5.27. The van der Waals surface area contributed by atoms with Gasteiger partial charge in [0, 0.05) is 29.1 Å². The molecule has 1 aromatic carbocycles. The van der Waals surface area contributed by atoms with Gasteiger partial charge in [0.25, 0.3) is 5.91 Å². The van der Waals surface area contributed by atoms with Crippen molar-refractivity contribution in [2.75, 3.05) is 38.7 Å². The summed E-state index contributed by atoms with van der Waals surface area (Å²) in [7, 11) is 1.69. The average Bonchev–Trinajstić information content (AvgIpc) is 3.46. The van der Waals surface area contributed by atoms with Crippen molar-refractivity contribution in [3.05, 3.63) is 70.5 Å². The molecule has 1 aliphatic rings. The summed E-state index contributed by atoms with van der Waals surface area (Å²) in [4.78, 5) is 16.3. The van der Waals surface area contributed by atoms with Gasteiger partial charge in [-0.15, -0.1) is 11.3 Å². The van der Waals surface area contributed by atoms with Gasteiger partial charge in [0.05, 0.1) is 32.6 Å². The van der Waals surface area contributed by atoms with Gasteiger partial charge in [-0.25, -0.2) is 0 Å². The van der Waals surface area contributed by atoms with Crippen molar-refractivity contribution in [1.29, 1.82) is 0 Å². The Kier molecular flexibility index (Phi) is 6.52. The monoisotopic (exact) mass is 426 g/mol. The quantitative estimate of drug-likeness (QED) is 0.599. The smallest absolute Gasteiger partial charge is 0.291 e. The highest BCUT2D eigenvalue weighted by Gasteiger charge is 2.30. The van der Waals surface area contributed by atoms with Crippen LogP contribution in [0.15, 0.2) is 53.1 Å². The highest BCUT2D eigenvalue weighted by molar-refractivity contribution is 7.16. The second-order valence-corrected chi connectivity index (χ2v) is 8.21. The van der Waals surface area contributed by atoms with Crippen LogP contribution in [-0.2, 0) is 11.2 Å². The fraction of sp³-hybridized carbons (Fsp3) is 0.348. The van der Waals surface area contributed by atoms with Crippen molar-refractivity contribution >= 4 is 22.2 Å². The number of benzene rings is 1. The SMILES string of the molecule is CCc1cc([C@H](c2ccccc2OC)N2CCOCC2)c(NC(=O)c2ccco2)s1. The first-order valence-electron chi connectivity index (χ1n) is 10.1. The Morgan fingerprint density at radius 3 is 2.70 bits per heavy atom. The van der Waals surface area contributed by atoms with E-state index >= 15 is 0 Å². The molecule has 0 unspecified atom stereocenters. The Balaban J connectivity index is 1.78. The lowest BCUT2D eigenvalue weighted by molar-refractivity contribution is 0.0237. The normalized spacial score (nSPS) is 15.7. The Hall–Kier alpha value is -2.61. The summed E-state index contributed by atoms with van der Waals surface area (Å²) in [5.74, 6) is 0.890. The highest BCUT2D eigenvalue weighted by Crippen LogP contribution is 2.42. The Bertz CT molecular complexity index is 977. The van der Waals surface area contributed by atoms with Crippen LogP contribution in [-0.4, -0.2) is 44.2 Å². The first kappa shape index (κ1) is 20.7. The molecule has 0 radical (unpaired) electrons. The van der Waals surface area contributed by atoms with Gasteiger partial charge < -0.3 is 19.2 Å². The van der Waals surface area contributed by atoms with Crippen molar-refractivity contribution in [3.63, 3.8) is 0 Å². The number of anilines is 1. The minimum absolute atomic E-state index is 0.0477. The summed E-state index contributed by atoms with van der Waals surface area (Å²) in [6, 6.07) is 13.6. The topological polar surface area (TPSA) is 63.9 Å². The fourth-order valence-corrected chi connectivity index (χ4v) is 4.82. The van der Waals surface area contributed by atoms with Crippen LogP contribution in [0, 0.1) is 0 Å². The largest absolute Gasteiger partial charge is 0.496 e. The van der Waals surface area contributed by atoms with Crippen molar-refractivity contribution in [1.82, 2.24) is 4.90 Å². The molecule has 0 aliphatic carbocycles. The van der Waals surface area contributed by atoms with Gasteiger partial charge in [-0.3, -0.25) is 9.69 Å². The molecule has 1 atom stereocenters. The van der Waals surface area contributed by atoms with E-state index in [1.54, 1.807) is 30.6 Å². The minimum Gasteiger partial charge on any atom is -0.496 e. The molecule has 3 aromatic rings. The van der Waals surface area contributed by atoms with Crippen LogP contribution in [0.5, 0.6) is 5.75 Å². The fourth-order valence-electron chi connectivity index (χ4n) is 3.79. The van der Waals surface area contributed by atoms with Gasteiger partial charge in [0.1, 0.15) is 10.8 Å². The van der Waals surface area contributed by atoms with E-state index in [1.807, 2.05) is 18.2 Å². The van der Waals surface area contributed by atoms with Gasteiger partial charge >= 0.3 is 0 Å². The maximum absolute atomic E-state index is 12.7. The molecule has 6 nitrogen and oxygen atoms in total. The number of carbonyl (C=O) groups excluding carboxylic acids is 1. The lowest BCUT2D eigenvalue weighted by atomic mass is 9.96. The Morgan fingerprint density at radius 1 is 1.20 bits per heavy atom. The van der Waals surface area contributed by atoms with Crippen molar-refractivity contribution in [2.45, 2.75) is 19.4 Å². The number of carbonyl (C=O) groups is 1. The van der Waals surface area contributed by atoms with E-state index in [-0.39, 0.29) is 11.9 Å². The van der Waals surface area contributed by atoms with Crippen LogP contribution >= 0.6 is 11.3 Å². The summed E-state index contributed by atoms with van der Waals surface area (Å²) >= 11 is 1.61. The number of rotatable bonds is 7. The summed E-state index contributed by atoms with van der Waals surface area (Å²) < 4.78 is 16.6. The molecule has 1 N–H and O–H groups in total. The number of furan rings is 1. The zero-order chi connectivity index (χ0) is 20.9. The van der Waals surface area contributed by atoms with Crippen molar-refractivity contribution in [3.8, 4) is 5.75 Å². The van der Waals surface area contributed by atoms with Crippen LogP contribution in [0.25, 0.3) is 0 Å². The van der Waals surface area contributed by atoms with Crippen LogP contribution < -0.4 is 10.1 Å². The molecule has 0 saturated carbocycles. The number of hydrogen-bond donors (Lipinski definition) is 1. The van der Waals surface area contributed by atoms with Crippen LogP contribution in [0.1, 0.15) is 39.5 Å². The van der Waals surface area contributed by atoms with Gasteiger partial charge in [0.2, 0.25) is 0 Å². The summed E-state index contributed by atoms with van der Waals surface area (Å²) in [5.41, 5.74) is 2.15. The van der Waals surface area contributed by atoms with Gasteiger partial charge in [-0.05, 0) is 30.7 Å². The molecular formula is C23H26N2O4S. The van der Waals surface area contributed by atoms with Gasteiger partial charge in [0.15, 0.2) is 5.76 Å². The molecular weight excluding hydrogens is 400 g/mol. The second kappa shape index (κ2) is 9.47. The van der Waals surface area contributed by atoms with E-state index in [0.29, 0.717) is 19.0 Å². The van der Waals surface area contributed by atoms with Gasteiger partial charge in [-0.2, -0.15) is 0 Å². The summed E-state index contributed by atoms with van der Waals surface area (Å²) in [6.07, 6.45) is 2.41. The Labute approximate surface area is 180 Å². The predicted octanol–water partition coefficient (Wildman–Crippen LogP) is 4.59. The first-order valence-corrected chi connectivity index (χ1v) is 10.9. The zero-order valence-corrected chi connectivity index (χ0v) is 18.0. The van der Waals surface area contributed by atoms with E-state index in [0.717, 1.165) is 41.4 Å². The molecule has 1 amide bonds. The maximum atomic E-state index is 12.7. The molecule has 1 aliphatic heterocycles. The number of amides is 1. The van der Waals surface area contributed by atoms with Crippen LogP contribution in [0.4, 0.5) is 5.00 Å². The maximum Gasteiger partial charge on any atom is 0.291 e.